The van der Waals surface area contributed by atoms with E-state index in [-0.39, 0.29) is 6.42 Å². The van der Waals surface area contributed by atoms with E-state index in [1.165, 1.54) is 31.8 Å². The van der Waals surface area contributed by atoms with Gasteiger partial charge in [0.25, 0.3) is 0 Å². The van der Waals surface area contributed by atoms with Crippen LogP contribution in [0.5, 0.6) is 0 Å². The summed E-state index contributed by atoms with van der Waals surface area (Å²) in [7, 11) is 0. The van der Waals surface area contributed by atoms with Crippen LogP contribution in [0.2, 0.25) is 0 Å². The second kappa shape index (κ2) is 6.51. The van der Waals surface area contributed by atoms with Gasteiger partial charge < -0.3 is 9.51 Å². The van der Waals surface area contributed by atoms with Crippen molar-refractivity contribution in [1.82, 2.24) is 9.38 Å². The Morgan fingerprint density at radius 3 is 2.65 bits per heavy atom. The second-order valence-electron chi connectivity index (χ2n) is 6.52. The number of hydrogen-bond acceptors (Lipinski definition) is 2. The number of fused-ring (bicyclic) bond motifs is 1. The molecule has 1 atom stereocenters. The summed E-state index contributed by atoms with van der Waals surface area (Å²) in [5, 5.41) is 10.3. The van der Waals surface area contributed by atoms with Crippen molar-refractivity contribution in [2.45, 2.75) is 57.2 Å². The molecular weight excluding hydrogens is 305 g/mol. The first-order valence-corrected chi connectivity index (χ1v) is 8.14. The molecule has 1 aliphatic carbocycles. The Balaban J connectivity index is 1.79. The number of alkyl halides is 3. The lowest BCUT2D eigenvalue weighted by Crippen LogP contribution is -2.20. The van der Waals surface area contributed by atoms with Crippen LogP contribution in [0.1, 0.15) is 49.8 Å². The third-order valence-electron chi connectivity index (χ3n) is 4.70. The number of rotatable bonds is 4. The van der Waals surface area contributed by atoms with Crippen LogP contribution in [0.25, 0.3) is 5.52 Å². The summed E-state index contributed by atoms with van der Waals surface area (Å²) in [6.07, 6.45) is 4.61. The highest BCUT2D eigenvalue weighted by molar-refractivity contribution is 5.49. The Bertz CT molecular complexity index is 659. The van der Waals surface area contributed by atoms with Gasteiger partial charge in [-0.15, -0.1) is 0 Å². The van der Waals surface area contributed by atoms with Gasteiger partial charge in [-0.05, 0) is 24.5 Å². The van der Waals surface area contributed by atoms with Crippen molar-refractivity contribution in [2.24, 2.45) is 5.92 Å². The van der Waals surface area contributed by atoms with Gasteiger partial charge in [0.05, 0.1) is 29.7 Å². The zero-order chi connectivity index (χ0) is 16.4. The van der Waals surface area contributed by atoms with Gasteiger partial charge in [-0.1, -0.05) is 32.1 Å². The molecule has 2 heterocycles. The van der Waals surface area contributed by atoms with Crippen LogP contribution in [0.15, 0.2) is 24.7 Å². The van der Waals surface area contributed by atoms with Crippen LogP contribution < -0.4 is 0 Å². The summed E-state index contributed by atoms with van der Waals surface area (Å²) in [6.45, 7) is 0. The van der Waals surface area contributed by atoms with Crippen molar-refractivity contribution < 1.29 is 18.3 Å². The van der Waals surface area contributed by atoms with Gasteiger partial charge in [0.15, 0.2) is 0 Å². The molecule has 0 bridgehead atoms. The van der Waals surface area contributed by atoms with E-state index in [2.05, 4.69) is 4.98 Å². The SMILES string of the molecule is O[C@@H](Cc1cc(C(F)(F)F)cc2cncn12)CC1CCCCC1. The fraction of sp³-hybridized carbons (Fsp3) is 0.588. The molecule has 23 heavy (non-hydrogen) atoms. The molecule has 6 heteroatoms. The summed E-state index contributed by atoms with van der Waals surface area (Å²) in [5.74, 6) is 0.489. The van der Waals surface area contributed by atoms with Gasteiger partial charge in [-0.25, -0.2) is 4.98 Å². The van der Waals surface area contributed by atoms with Crippen LogP contribution in [0.3, 0.4) is 0 Å². The molecule has 2 aromatic rings. The Morgan fingerprint density at radius 1 is 1.22 bits per heavy atom. The van der Waals surface area contributed by atoms with E-state index in [1.807, 2.05) is 0 Å². The highest BCUT2D eigenvalue weighted by Gasteiger charge is 2.31. The largest absolute Gasteiger partial charge is 0.416 e. The van der Waals surface area contributed by atoms with Gasteiger partial charge in [-0.3, -0.25) is 0 Å². The van der Waals surface area contributed by atoms with Crippen molar-refractivity contribution in [3.05, 3.63) is 35.9 Å². The second-order valence-corrected chi connectivity index (χ2v) is 6.52. The zero-order valence-electron chi connectivity index (χ0n) is 12.9. The zero-order valence-corrected chi connectivity index (χ0v) is 12.9. The predicted octanol–water partition coefficient (Wildman–Crippen LogP) is 4.23. The van der Waals surface area contributed by atoms with E-state index in [4.69, 9.17) is 0 Å². The molecule has 3 rings (SSSR count). The molecule has 0 saturated heterocycles. The molecule has 2 aromatic heterocycles. The number of nitrogens with zero attached hydrogens (tertiary/aromatic N) is 2. The third kappa shape index (κ3) is 3.86. The van der Waals surface area contributed by atoms with E-state index < -0.39 is 17.8 Å². The maximum atomic E-state index is 13.0. The minimum absolute atomic E-state index is 0.216. The predicted molar refractivity (Wildman–Crippen MR) is 81.1 cm³/mol. The van der Waals surface area contributed by atoms with Crippen LogP contribution in [-0.2, 0) is 12.6 Å². The van der Waals surface area contributed by atoms with Crippen molar-refractivity contribution in [1.29, 1.82) is 0 Å². The summed E-state index contributed by atoms with van der Waals surface area (Å²) >= 11 is 0. The van der Waals surface area contributed by atoms with E-state index >= 15 is 0 Å². The average molecular weight is 326 g/mol. The molecule has 3 nitrogen and oxygen atoms in total. The van der Waals surface area contributed by atoms with Gasteiger partial charge in [-0.2, -0.15) is 13.2 Å². The molecule has 0 spiro atoms. The van der Waals surface area contributed by atoms with E-state index in [1.54, 1.807) is 4.40 Å². The molecule has 0 radical (unpaired) electrons. The van der Waals surface area contributed by atoms with Gasteiger partial charge >= 0.3 is 6.18 Å². The molecule has 0 aromatic carbocycles. The van der Waals surface area contributed by atoms with Crippen LogP contribution >= 0.6 is 0 Å². The first-order valence-electron chi connectivity index (χ1n) is 8.14. The van der Waals surface area contributed by atoms with Crippen LogP contribution in [0, 0.1) is 5.92 Å². The standard InChI is InChI=1S/C17H21F3N2O/c18-17(19,20)13-7-14(22-11-21-10-15(22)8-13)9-16(23)6-12-4-2-1-3-5-12/h7-8,10-12,16,23H,1-6,9H2/t16-/m1/s1. The fourth-order valence-corrected chi connectivity index (χ4v) is 3.56. The van der Waals surface area contributed by atoms with Crippen molar-refractivity contribution in [2.75, 3.05) is 0 Å². The Labute approximate surface area is 133 Å². The molecule has 1 N–H and O–H groups in total. The smallest absolute Gasteiger partial charge is 0.393 e. The lowest BCUT2D eigenvalue weighted by molar-refractivity contribution is -0.137. The van der Waals surface area contributed by atoms with Gasteiger partial charge in [0, 0.05) is 12.1 Å². The number of pyridine rings is 1. The maximum absolute atomic E-state index is 13.0. The number of halogens is 3. The Kier molecular flexibility index (Phi) is 4.62. The quantitative estimate of drug-likeness (QED) is 0.913. The summed E-state index contributed by atoms with van der Waals surface area (Å²) in [4.78, 5) is 3.92. The molecule has 0 aliphatic heterocycles. The highest BCUT2D eigenvalue weighted by atomic mass is 19.4. The molecule has 1 aliphatic rings. The van der Waals surface area contributed by atoms with E-state index in [0.717, 1.165) is 25.0 Å². The lowest BCUT2D eigenvalue weighted by Gasteiger charge is -2.24. The molecule has 126 valence electrons. The number of imidazole rings is 1. The third-order valence-corrected chi connectivity index (χ3v) is 4.70. The van der Waals surface area contributed by atoms with E-state index in [9.17, 15) is 18.3 Å². The molecule has 1 saturated carbocycles. The maximum Gasteiger partial charge on any atom is 0.416 e. The number of aliphatic hydroxyl groups excluding tert-OH is 1. The fourth-order valence-electron chi connectivity index (χ4n) is 3.56. The highest BCUT2D eigenvalue weighted by Crippen LogP contribution is 2.32. The summed E-state index contributed by atoms with van der Waals surface area (Å²) < 4.78 is 40.7. The van der Waals surface area contributed by atoms with Crippen molar-refractivity contribution >= 4 is 5.52 Å². The molecular formula is C17H21F3N2O. The first kappa shape index (κ1) is 16.3. The van der Waals surface area contributed by atoms with Gasteiger partial charge in [0.2, 0.25) is 0 Å². The molecule has 0 amide bonds. The lowest BCUT2D eigenvalue weighted by atomic mass is 9.84. The Hall–Kier alpha value is -1.56. The Morgan fingerprint density at radius 2 is 1.96 bits per heavy atom. The van der Waals surface area contributed by atoms with Crippen LogP contribution in [0.4, 0.5) is 13.2 Å². The summed E-state index contributed by atoms with van der Waals surface area (Å²) in [6, 6.07) is 2.21. The van der Waals surface area contributed by atoms with Gasteiger partial charge in [0.1, 0.15) is 0 Å². The molecule has 0 unspecified atom stereocenters. The first-order chi connectivity index (χ1) is 10.9. The number of hydrogen-bond donors (Lipinski definition) is 1. The molecule has 1 fully saturated rings. The van der Waals surface area contributed by atoms with Crippen molar-refractivity contribution in [3.63, 3.8) is 0 Å². The topological polar surface area (TPSA) is 37.5 Å². The monoisotopic (exact) mass is 326 g/mol. The average Bonchev–Trinajstić information content (AvgIpc) is 2.96. The van der Waals surface area contributed by atoms with Crippen LogP contribution in [-0.4, -0.2) is 20.6 Å². The minimum Gasteiger partial charge on any atom is -0.393 e. The number of aromatic nitrogens is 2. The minimum atomic E-state index is -4.39. The van der Waals surface area contributed by atoms with E-state index in [0.29, 0.717) is 23.5 Å². The normalized spacial score (nSPS) is 18.4. The van der Waals surface area contributed by atoms with Crippen molar-refractivity contribution in [3.8, 4) is 0 Å². The summed E-state index contributed by atoms with van der Waals surface area (Å²) in [5.41, 5.74) is 0.167. The number of aliphatic hydroxyl groups is 1.